The standard InChI is InChI=1S/C10H13.CH3.Mg/c1-7-5-6-8(2)10(4)9(7)3;;/h5H,1-4H3;1H3;. The number of hydrogen-bond donors (Lipinski definition) is 0. The van der Waals surface area contributed by atoms with Crippen molar-refractivity contribution in [2.75, 3.05) is 0 Å². The van der Waals surface area contributed by atoms with Crippen LogP contribution in [-0.4, -0.2) is 20.4 Å². The molecule has 0 atom stereocenters. The average Bonchev–Trinajstić information content (AvgIpc) is 2.08. The van der Waals surface area contributed by atoms with Gasteiger partial charge in [-0.1, -0.05) is 17.2 Å². The average molecular weight is 173 g/mol. The minimum absolute atomic E-state index is 0.00356. The van der Waals surface area contributed by atoms with E-state index in [2.05, 4.69) is 38.8 Å². The first-order valence-corrected chi connectivity index (χ1v) is 6.76. The van der Waals surface area contributed by atoms with Gasteiger partial charge in [0.1, 0.15) is 0 Å². The Morgan fingerprint density at radius 2 is 1.50 bits per heavy atom. The molecule has 0 radical (unpaired) electrons. The lowest BCUT2D eigenvalue weighted by atomic mass is 10.00. The van der Waals surface area contributed by atoms with Crippen LogP contribution in [0.15, 0.2) is 6.07 Å². The molecule has 1 heteroatoms. The Kier molecular flexibility index (Phi) is 3.19. The first-order valence-electron chi connectivity index (χ1n) is 4.64. The van der Waals surface area contributed by atoms with E-state index in [-0.39, 0.29) is 20.4 Å². The molecule has 1 aromatic carbocycles. The Bertz CT molecular complexity index is 300. The summed E-state index contributed by atoms with van der Waals surface area (Å²) >= 11 is 0.00356. The summed E-state index contributed by atoms with van der Waals surface area (Å²) in [6.45, 7) is 8.94. The topological polar surface area (TPSA) is 0 Å². The predicted molar refractivity (Wildman–Crippen MR) is 56.6 cm³/mol. The van der Waals surface area contributed by atoms with E-state index in [9.17, 15) is 0 Å². The summed E-state index contributed by atoms with van der Waals surface area (Å²) in [7, 11) is 0. The van der Waals surface area contributed by atoms with Crippen molar-refractivity contribution < 1.29 is 0 Å². The normalized spacial score (nSPS) is 9.75. The van der Waals surface area contributed by atoms with Crippen LogP contribution in [0.1, 0.15) is 22.3 Å². The van der Waals surface area contributed by atoms with Crippen LogP contribution in [0.3, 0.4) is 0 Å². The lowest BCUT2D eigenvalue weighted by Crippen LogP contribution is -2.17. The molecule has 0 aromatic heterocycles. The van der Waals surface area contributed by atoms with Gasteiger partial charge in [-0.05, 0) is 38.8 Å². The van der Waals surface area contributed by atoms with Crippen LogP contribution < -0.4 is 3.69 Å². The molecule has 0 saturated carbocycles. The van der Waals surface area contributed by atoms with Crippen LogP contribution >= 0.6 is 0 Å². The summed E-state index contributed by atoms with van der Waals surface area (Å²) in [5.74, 6) is 0. The van der Waals surface area contributed by atoms with Gasteiger partial charge in [0.15, 0.2) is 0 Å². The highest BCUT2D eigenvalue weighted by atomic mass is 24.5. The zero-order valence-electron chi connectivity index (χ0n) is 8.78. The van der Waals surface area contributed by atoms with Gasteiger partial charge in [-0.25, -0.2) is 0 Å². The molecule has 12 heavy (non-hydrogen) atoms. The van der Waals surface area contributed by atoms with Crippen molar-refractivity contribution in [2.24, 2.45) is 0 Å². The van der Waals surface area contributed by atoms with Crippen LogP contribution in [0.2, 0.25) is 5.05 Å². The Hall–Kier alpha value is -0.0138. The van der Waals surface area contributed by atoms with Gasteiger partial charge < -0.3 is 0 Å². The smallest absolute Gasteiger partial charge is 0.171 e. The minimum Gasteiger partial charge on any atom is -0.171 e. The van der Waals surface area contributed by atoms with Crippen molar-refractivity contribution in [3.8, 4) is 0 Å². The maximum absolute atomic E-state index is 2.38. The zero-order chi connectivity index (χ0) is 9.30. The lowest BCUT2D eigenvalue weighted by molar-refractivity contribution is 1.23. The first kappa shape index (κ1) is 10.1. The third-order valence-electron chi connectivity index (χ3n) is 2.97. The summed E-state index contributed by atoms with van der Waals surface area (Å²) in [4.78, 5) is 0. The van der Waals surface area contributed by atoms with E-state index < -0.39 is 0 Å². The van der Waals surface area contributed by atoms with E-state index in [4.69, 9.17) is 0 Å². The highest BCUT2D eigenvalue weighted by Crippen LogP contribution is 2.14. The fraction of sp³-hybridized carbons (Fsp3) is 0.455. The first-order chi connectivity index (χ1) is 5.57. The van der Waals surface area contributed by atoms with Crippen molar-refractivity contribution in [1.29, 1.82) is 0 Å². The third kappa shape index (κ3) is 1.67. The van der Waals surface area contributed by atoms with Crippen LogP contribution in [0.4, 0.5) is 0 Å². The molecule has 0 nitrogen and oxygen atoms in total. The van der Waals surface area contributed by atoms with Crippen molar-refractivity contribution in [2.45, 2.75) is 32.7 Å². The SMILES string of the molecule is [CH3][Mg][c]1cc(C)c(C)c(C)c1C. The zero-order valence-corrected chi connectivity index (χ0v) is 10.2. The number of benzene rings is 1. The van der Waals surface area contributed by atoms with Crippen LogP contribution in [-0.2, 0) is 0 Å². The fourth-order valence-electron chi connectivity index (χ4n) is 1.66. The Labute approximate surface area is 85.1 Å². The fourth-order valence-corrected chi connectivity index (χ4v) is 2.97. The Morgan fingerprint density at radius 1 is 0.917 bits per heavy atom. The predicted octanol–water partition coefficient (Wildman–Crippen LogP) is 2.30. The molecule has 0 saturated heterocycles. The largest absolute Gasteiger partial charge is 0.405 e. The van der Waals surface area contributed by atoms with E-state index in [0.717, 1.165) is 0 Å². The van der Waals surface area contributed by atoms with Gasteiger partial charge in [0.25, 0.3) is 0 Å². The molecule has 0 amide bonds. The molecule has 0 fully saturated rings. The van der Waals surface area contributed by atoms with Gasteiger partial charge in [0.2, 0.25) is 0 Å². The van der Waals surface area contributed by atoms with Gasteiger partial charge in [-0.2, -0.15) is 3.69 Å². The molecule has 0 aliphatic carbocycles. The maximum Gasteiger partial charge on any atom is 0.405 e. The van der Waals surface area contributed by atoms with E-state index >= 15 is 0 Å². The molecule has 62 valence electrons. The third-order valence-corrected chi connectivity index (χ3v) is 4.47. The van der Waals surface area contributed by atoms with Gasteiger partial charge in [-0.15, -0.1) is 5.05 Å². The van der Waals surface area contributed by atoms with Crippen LogP contribution in [0.5, 0.6) is 0 Å². The second-order valence-corrected chi connectivity index (χ2v) is 5.05. The van der Waals surface area contributed by atoms with Crippen LogP contribution in [0.25, 0.3) is 0 Å². The quantitative estimate of drug-likeness (QED) is 0.571. The monoisotopic (exact) mass is 172 g/mol. The number of hydrogen-bond acceptors (Lipinski definition) is 0. The summed E-state index contributed by atoms with van der Waals surface area (Å²) in [5.41, 5.74) is 5.97. The van der Waals surface area contributed by atoms with Gasteiger partial charge in [0.05, 0.1) is 0 Å². The lowest BCUT2D eigenvalue weighted by Gasteiger charge is -2.13. The highest BCUT2D eigenvalue weighted by Gasteiger charge is 2.05. The minimum atomic E-state index is 0.00356. The van der Waals surface area contributed by atoms with Gasteiger partial charge >= 0.3 is 20.4 Å². The highest BCUT2D eigenvalue weighted by molar-refractivity contribution is 6.52. The summed E-state index contributed by atoms with van der Waals surface area (Å²) < 4.78 is 1.63. The van der Waals surface area contributed by atoms with E-state index in [0.29, 0.717) is 0 Å². The molecule has 0 heterocycles. The molecule has 1 rings (SSSR count). The van der Waals surface area contributed by atoms with E-state index in [1.165, 1.54) is 22.3 Å². The molecule has 0 unspecified atom stereocenters. The van der Waals surface area contributed by atoms with Crippen molar-refractivity contribution in [3.05, 3.63) is 28.3 Å². The summed E-state index contributed by atoms with van der Waals surface area (Å²) in [5, 5.41) is 2.36. The molecule has 0 aliphatic heterocycles. The summed E-state index contributed by atoms with van der Waals surface area (Å²) in [6.07, 6.45) is 0. The maximum atomic E-state index is 2.38. The Balaban J connectivity index is 3.39. The molecule has 1 aromatic rings. The molecule has 0 bridgehead atoms. The van der Waals surface area contributed by atoms with E-state index in [1.54, 1.807) is 3.69 Å². The number of aryl methyl sites for hydroxylation is 1. The van der Waals surface area contributed by atoms with E-state index in [1.807, 2.05) is 0 Å². The summed E-state index contributed by atoms with van der Waals surface area (Å²) in [6, 6.07) is 2.38. The van der Waals surface area contributed by atoms with Gasteiger partial charge in [0, 0.05) is 0 Å². The molecular weight excluding hydrogens is 156 g/mol. The second-order valence-electron chi connectivity index (χ2n) is 3.58. The second kappa shape index (κ2) is 3.80. The molecule has 0 N–H and O–H groups in total. The van der Waals surface area contributed by atoms with Crippen molar-refractivity contribution in [1.82, 2.24) is 0 Å². The van der Waals surface area contributed by atoms with Crippen LogP contribution in [0, 0.1) is 27.7 Å². The molecular formula is C11H16Mg. The van der Waals surface area contributed by atoms with Gasteiger partial charge in [-0.3, -0.25) is 0 Å². The van der Waals surface area contributed by atoms with Crippen molar-refractivity contribution >= 4 is 24.1 Å². The van der Waals surface area contributed by atoms with Crippen molar-refractivity contribution in [3.63, 3.8) is 0 Å². The molecule has 0 aliphatic rings. The Morgan fingerprint density at radius 3 is 2.00 bits per heavy atom. The molecule has 0 spiro atoms. The number of rotatable bonds is 1.